The maximum absolute atomic E-state index is 12.0. The van der Waals surface area contributed by atoms with Crippen LogP contribution in [-0.2, 0) is 16.1 Å². The number of hydrogen-bond donors (Lipinski definition) is 2. The number of methoxy groups -OCH3 is 1. The highest BCUT2D eigenvalue weighted by molar-refractivity contribution is 5.86. The molecule has 9 heteroatoms. The van der Waals surface area contributed by atoms with Gasteiger partial charge in [-0.15, -0.1) is 0 Å². The molecular weight excluding hydrogens is 360 g/mol. The van der Waals surface area contributed by atoms with Crippen molar-refractivity contribution in [3.63, 3.8) is 0 Å². The van der Waals surface area contributed by atoms with Crippen molar-refractivity contribution in [1.29, 1.82) is 0 Å². The van der Waals surface area contributed by atoms with Gasteiger partial charge in [0.05, 0.1) is 24.7 Å². The number of rotatable bonds is 10. The first-order chi connectivity index (χ1) is 13.7. The molecule has 9 nitrogen and oxygen atoms in total. The number of fused-ring (bicyclic) bond motifs is 1. The van der Waals surface area contributed by atoms with Crippen molar-refractivity contribution in [2.45, 2.75) is 13.5 Å². The minimum atomic E-state index is -0.186. The number of ether oxygens (including phenoxy) is 2. The van der Waals surface area contributed by atoms with Gasteiger partial charge in [0.15, 0.2) is 12.3 Å². The Morgan fingerprint density at radius 3 is 2.79 bits per heavy atom. The SMILES string of the molecule is COCCNc1ncnc2c1cnn2CCNC(=O)COc1ccc(C)cc1. The van der Waals surface area contributed by atoms with Crippen LogP contribution >= 0.6 is 0 Å². The molecule has 0 aliphatic rings. The molecule has 3 rings (SSSR count). The highest BCUT2D eigenvalue weighted by Gasteiger charge is 2.10. The number of hydrogen-bond acceptors (Lipinski definition) is 7. The van der Waals surface area contributed by atoms with Crippen LogP contribution in [0.2, 0.25) is 0 Å². The Morgan fingerprint density at radius 2 is 2.00 bits per heavy atom. The lowest BCUT2D eigenvalue weighted by molar-refractivity contribution is -0.123. The lowest BCUT2D eigenvalue weighted by Crippen LogP contribution is -2.31. The third-order valence-electron chi connectivity index (χ3n) is 4.07. The number of amides is 1. The molecule has 1 amide bonds. The van der Waals surface area contributed by atoms with E-state index in [2.05, 4.69) is 25.7 Å². The molecule has 0 saturated heterocycles. The van der Waals surface area contributed by atoms with E-state index in [0.29, 0.717) is 43.5 Å². The lowest BCUT2D eigenvalue weighted by atomic mass is 10.2. The van der Waals surface area contributed by atoms with Gasteiger partial charge in [0.2, 0.25) is 0 Å². The van der Waals surface area contributed by atoms with Crippen molar-refractivity contribution >= 4 is 22.8 Å². The topological polar surface area (TPSA) is 103 Å². The summed E-state index contributed by atoms with van der Waals surface area (Å²) in [6.07, 6.45) is 3.20. The maximum Gasteiger partial charge on any atom is 0.258 e. The Morgan fingerprint density at radius 1 is 1.18 bits per heavy atom. The molecule has 1 aromatic carbocycles. The molecule has 3 aromatic rings. The minimum absolute atomic E-state index is 0.0291. The number of anilines is 1. The zero-order chi connectivity index (χ0) is 19.8. The summed E-state index contributed by atoms with van der Waals surface area (Å²) < 4.78 is 12.2. The third kappa shape index (κ3) is 5.17. The van der Waals surface area contributed by atoms with E-state index in [1.54, 1.807) is 18.0 Å². The van der Waals surface area contributed by atoms with Crippen LogP contribution in [0.3, 0.4) is 0 Å². The van der Waals surface area contributed by atoms with Crippen molar-refractivity contribution < 1.29 is 14.3 Å². The van der Waals surface area contributed by atoms with Crippen LogP contribution in [0.5, 0.6) is 5.75 Å². The molecule has 28 heavy (non-hydrogen) atoms. The fourth-order valence-electron chi connectivity index (χ4n) is 2.60. The number of aryl methyl sites for hydroxylation is 1. The van der Waals surface area contributed by atoms with Gasteiger partial charge in [0, 0.05) is 20.2 Å². The Labute approximate surface area is 163 Å². The first kappa shape index (κ1) is 19.6. The van der Waals surface area contributed by atoms with Crippen LogP contribution in [0.15, 0.2) is 36.8 Å². The third-order valence-corrected chi connectivity index (χ3v) is 4.07. The Kier molecular flexibility index (Phi) is 6.74. The number of benzene rings is 1. The second kappa shape index (κ2) is 9.65. The van der Waals surface area contributed by atoms with Crippen molar-refractivity contribution in [2.75, 3.05) is 38.7 Å². The smallest absolute Gasteiger partial charge is 0.258 e. The average Bonchev–Trinajstić information content (AvgIpc) is 3.12. The number of aromatic nitrogens is 4. The van der Waals surface area contributed by atoms with Crippen molar-refractivity contribution in [3.05, 3.63) is 42.4 Å². The fourth-order valence-corrected chi connectivity index (χ4v) is 2.60. The summed E-state index contributed by atoms with van der Waals surface area (Å²) in [7, 11) is 1.65. The molecule has 0 unspecified atom stereocenters. The van der Waals surface area contributed by atoms with Crippen molar-refractivity contribution in [2.24, 2.45) is 0 Å². The van der Waals surface area contributed by atoms with Gasteiger partial charge in [-0.05, 0) is 19.1 Å². The fraction of sp³-hybridized carbons (Fsp3) is 0.368. The van der Waals surface area contributed by atoms with Gasteiger partial charge < -0.3 is 20.1 Å². The molecule has 148 valence electrons. The number of nitrogens with zero attached hydrogens (tertiary/aromatic N) is 4. The summed E-state index contributed by atoms with van der Waals surface area (Å²) in [5.41, 5.74) is 1.85. The first-order valence-corrected chi connectivity index (χ1v) is 9.03. The molecule has 0 aliphatic heterocycles. The van der Waals surface area contributed by atoms with E-state index in [1.165, 1.54) is 6.33 Å². The standard InChI is InChI=1S/C19H24N6O3/c1-14-3-5-15(6-4-14)28-12-17(26)20-7-9-25-19-16(11-24-25)18(22-13-23-19)21-8-10-27-2/h3-6,11,13H,7-10,12H2,1-2H3,(H,20,26)(H,21,22,23). The summed E-state index contributed by atoms with van der Waals surface area (Å²) in [5, 5.41) is 11.2. The van der Waals surface area contributed by atoms with Gasteiger partial charge in [-0.2, -0.15) is 5.10 Å². The molecule has 0 bridgehead atoms. The second-order valence-electron chi connectivity index (χ2n) is 6.20. The van der Waals surface area contributed by atoms with Crippen molar-refractivity contribution in [1.82, 2.24) is 25.1 Å². The van der Waals surface area contributed by atoms with Crippen LogP contribution in [0.4, 0.5) is 5.82 Å². The molecular formula is C19H24N6O3. The highest BCUT2D eigenvalue weighted by Crippen LogP contribution is 2.18. The van der Waals surface area contributed by atoms with Gasteiger partial charge in [-0.3, -0.25) is 4.79 Å². The normalized spacial score (nSPS) is 10.8. The Hall–Kier alpha value is -3.20. The summed E-state index contributed by atoms with van der Waals surface area (Å²) in [6, 6.07) is 7.57. The van der Waals surface area contributed by atoms with E-state index < -0.39 is 0 Å². The molecule has 2 N–H and O–H groups in total. The summed E-state index contributed by atoms with van der Waals surface area (Å²) >= 11 is 0. The summed E-state index contributed by atoms with van der Waals surface area (Å²) in [6.45, 7) is 4.11. The number of carbonyl (C=O) groups is 1. The van der Waals surface area contributed by atoms with E-state index in [0.717, 1.165) is 10.9 Å². The largest absolute Gasteiger partial charge is 0.484 e. The van der Waals surface area contributed by atoms with Crippen LogP contribution in [-0.4, -0.2) is 59.1 Å². The zero-order valence-corrected chi connectivity index (χ0v) is 16.0. The number of nitrogens with one attached hydrogen (secondary N) is 2. The predicted octanol–water partition coefficient (Wildman–Crippen LogP) is 1.39. The van der Waals surface area contributed by atoms with E-state index in [9.17, 15) is 4.79 Å². The predicted molar refractivity (Wildman–Crippen MR) is 105 cm³/mol. The van der Waals surface area contributed by atoms with Crippen LogP contribution < -0.4 is 15.4 Å². The Balaban J connectivity index is 1.49. The monoisotopic (exact) mass is 384 g/mol. The van der Waals surface area contributed by atoms with E-state index in [-0.39, 0.29) is 12.5 Å². The van der Waals surface area contributed by atoms with Crippen LogP contribution in [0.1, 0.15) is 5.56 Å². The van der Waals surface area contributed by atoms with Crippen LogP contribution in [0, 0.1) is 6.92 Å². The summed E-state index contributed by atoms with van der Waals surface area (Å²) in [4.78, 5) is 20.5. The lowest BCUT2D eigenvalue weighted by Gasteiger charge is -2.08. The molecule has 0 aliphatic carbocycles. The minimum Gasteiger partial charge on any atom is -0.484 e. The number of carbonyl (C=O) groups excluding carboxylic acids is 1. The van der Waals surface area contributed by atoms with E-state index in [4.69, 9.17) is 9.47 Å². The highest BCUT2D eigenvalue weighted by atomic mass is 16.5. The quantitative estimate of drug-likeness (QED) is 0.509. The maximum atomic E-state index is 12.0. The van der Waals surface area contributed by atoms with E-state index >= 15 is 0 Å². The average molecular weight is 384 g/mol. The molecule has 0 saturated carbocycles. The first-order valence-electron chi connectivity index (χ1n) is 9.03. The van der Waals surface area contributed by atoms with Gasteiger partial charge >= 0.3 is 0 Å². The molecule has 0 fully saturated rings. The van der Waals surface area contributed by atoms with Gasteiger partial charge in [0.25, 0.3) is 5.91 Å². The van der Waals surface area contributed by atoms with Gasteiger partial charge in [-0.25, -0.2) is 14.6 Å². The molecule has 0 atom stereocenters. The molecule has 2 aromatic heterocycles. The summed E-state index contributed by atoms with van der Waals surface area (Å²) in [5.74, 6) is 1.20. The van der Waals surface area contributed by atoms with Crippen molar-refractivity contribution in [3.8, 4) is 5.75 Å². The molecule has 0 spiro atoms. The zero-order valence-electron chi connectivity index (χ0n) is 16.0. The van der Waals surface area contributed by atoms with Crippen LogP contribution in [0.25, 0.3) is 11.0 Å². The molecule has 0 radical (unpaired) electrons. The Bertz CT molecular complexity index is 910. The van der Waals surface area contributed by atoms with E-state index in [1.807, 2.05) is 31.2 Å². The molecule has 2 heterocycles. The van der Waals surface area contributed by atoms with Gasteiger partial charge in [0.1, 0.15) is 17.9 Å². The second-order valence-corrected chi connectivity index (χ2v) is 6.20. The van der Waals surface area contributed by atoms with Gasteiger partial charge in [-0.1, -0.05) is 17.7 Å².